The first-order chi connectivity index (χ1) is 8.77. The summed E-state index contributed by atoms with van der Waals surface area (Å²) < 4.78 is 32.6. The molecular weight excluding hydrogens is 383 g/mol. The van der Waals surface area contributed by atoms with Gasteiger partial charge in [-0.1, -0.05) is 27.5 Å². The summed E-state index contributed by atoms with van der Waals surface area (Å²) in [5.74, 6) is -0.759. The Morgan fingerprint density at radius 3 is 2.53 bits per heavy atom. The Bertz CT molecular complexity index is 588. The van der Waals surface area contributed by atoms with E-state index in [2.05, 4.69) is 15.9 Å². The highest BCUT2D eigenvalue weighted by Gasteiger charge is 2.22. The minimum Gasteiger partial charge on any atom is -0.460 e. The van der Waals surface area contributed by atoms with Crippen molar-refractivity contribution in [3.63, 3.8) is 0 Å². The standard InChI is InChI=1S/C10H9BrCl2O5S/c1-17-2-3-18-10(14)7-4-6(11)5-8(9(7)12)19(13,15)16/h4-5H,2-3H2,1H3. The summed E-state index contributed by atoms with van der Waals surface area (Å²) in [5.41, 5.74) is -0.0913. The van der Waals surface area contributed by atoms with Gasteiger partial charge in [-0.05, 0) is 12.1 Å². The number of halogens is 3. The fourth-order valence-corrected chi connectivity index (χ4v) is 3.36. The summed E-state index contributed by atoms with van der Waals surface area (Å²) >= 11 is 8.93. The molecule has 0 saturated heterocycles. The van der Waals surface area contributed by atoms with Gasteiger partial charge >= 0.3 is 5.97 Å². The molecule has 0 saturated carbocycles. The lowest BCUT2D eigenvalue weighted by Crippen LogP contribution is -2.11. The van der Waals surface area contributed by atoms with E-state index in [1.807, 2.05) is 0 Å². The SMILES string of the molecule is COCCOC(=O)c1cc(Br)cc(S(=O)(=O)Cl)c1Cl. The lowest BCUT2D eigenvalue weighted by molar-refractivity contribution is 0.0388. The second kappa shape index (κ2) is 6.90. The van der Waals surface area contributed by atoms with Crippen LogP contribution >= 0.6 is 38.2 Å². The third-order valence-corrected chi connectivity index (χ3v) is 4.33. The fourth-order valence-electron chi connectivity index (χ4n) is 1.19. The van der Waals surface area contributed by atoms with Gasteiger partial charge in [0.1, 0.15) is 11.5 Å². The van der Waals surface area contributed by atoms with Crippen LogP contribution in [0.15, 0.2) is 21.5 Å². The van der Waals surface area contributed by atoms with Gasteiger partial charge in [-0.25, -0.2) is 13.2 Å². The molecule has 0 spiro atoms. The van der Waals surface area contributed by atoms with E-state index < -0.39 is 15.0 Å². The van der Waals surface area contributed by atoms with Gasteiger partial charge in [-0.3, -0.25) is 0 Å². The Balaban J connectivity index is 3.15. The summed E-state index contributed by atoms with van der Waals surface area (Å²) in [4.78, 5) is 11.4. The molecular formula is C10H9BrCl2O5S. The zero-order valence-electron chi connectivity index (χ0n) is 9.65. The first-order valence-electron chi connectivity index (χ1n) is 4.87. The third kappa shape index (κ3) is 4.61. The quantitative estimate of drug-likeness (QED) is 0.438. The zero-order chi connectivity index (χ0) is 14.6. The molecule has 0 aromatic heterocycles. The highest BCUT2D eigenvalue weighted by Crippen LogP contribution is 2.32. The highest BCUT2D eigenvalue weighted by molar-refractivity contribution is 9.10. The molecule has 0 radical (unpaired) electrons. The molecule has 5 nitrogen and oxygen atoms in total. The average Bonchev–Trinajstić information content (AvgIpc) is 2.30. The van der Waals surface area contributed by atoms with Gasteiger partial charge in [0.25, 0.3) is 9.05 Å². The number of ether oxygens (including phenoxy) is 2. The molecule has 19 heavy (non-hydrogen) atoms. The van der Waals surface area contributed by atoms with Crippen LogP contribution in [0.2, 0.25) is 5.02 Å². The van der Waals surface area contributed by atoms with Crippen LogP contribution in [-0.4, -0.2) is 34.7 Å². The minimum absolute atomic E-state index is 0.0289. The van der Waals surface area contributed by atoms with Gasteiger partial charge in [0.05, 0.1) is 17.2 Å². The molecule has 0 unspecified atom stereocenters. The van der Waals surface area contributed by atoms with Gasteiger partial charge in [0, 0.05) is 22.3 Å². The summed E-state index contributed by atoms with van der Waals surface area (Å²) in [6.45, 7) is 0.249. The first kappa shape index (κ1) is 16.7. The van der Waals surface area contributed by atoms with Gasteiger partial charge in [-0.2, -0.15) is 0 Å². The predicted octanol–water partition coefficient (Wildman–Crippen LogP) is 2.83. The third-order valence-electron chi connectivity index (χ3n) is 2.01. The highest BCUT2D eigenvalue weighted by atomic mass is 79.9. The molecule has 0 aliphatic heterocycles. The average molecular weight is 392 g/mol. The molecule has 0 bridgehead atoms. The van der Waals surface area contributed by atoms with Crippen molar-refractivity contribution < 1.29 is 22.7 Å². The van der Waals surface area contributed by atoms with E-state index in [9.17, 15) is 13.2 Å². The molecule has 0 N–H and O–H groups in total. The van der Waals surface area contributed by atoms with Crippen LogP contribution in [0.1, 0.15) is 10.4 Å². The van der Waals surface area contributed by atoms with E-state index in [0.29, 0.717) is 4.47 Å². The lowest BCUT2D eigenvalue weighted by Gasteiger charge is -2.09. The molecule has 1 rings (SSSR count). The molecule has 0 amide bonds. The molecule has 0 heterocycles. The number of esters is 1. The Morgan fingerprint density at radius 1 is 1.37 bits per heavy atom. The minimum atomic E-state index is -4.06. The van der Waals surface area contributed by atoms with E-state index in [1.165, 1.54) is 19.2 Å². The second-order valence-corrected chi connectivity index (χ2v) is 7.16. The second-order valence-electron chi connectivity index (χ2n) is 3.33. The van der Waals surface area contributed by atoms with Crippen LogP contribution in [0, 0.1) is 0 Å². The topological polar surface area (TPSA) is 69.7 Å². The van der Waals surface area contributed by atoms with Gasteiger partial charge in [-0.15, -0.1) is 0 Å². The van der Waals surface area contributed by atoms with E-state index >= 15 is 0 Å². The molecule has 0 fully saturated rings. The van der Waals surface area contributed by atoms with Crippen molar-refractivity contribution in [2.24, 2.45) is 0 Å². The lowest BCUT2D eigenvalue weighted by atomic mass is 10.2. The molecule has 106 valence electrons. The van der Waals surface area contributed by atoms with Gasteiger partial charge in [0.15, 0.2) is 0 Å². The Kier molecular flexibility index (Phi) is 6.07. The van der Waals surface area contributed by atoms with Crippen molar-refractivity contribution in [2.45, 2.75) is 4.90 Å². The Morgan fingerprint density at radius 2 is 2.00 bits per heavy atom. The van der Waals surface area contributed by atoms with Crippen molar-refractivity contribution in [1.29, 1.82) is 0 Å². The smallest absolute Gasteiger partial charge is 0.339 e. The maximum atomic E-state index is 11.8. The van der Waals surface area contributed by atoms with Crippen LogP contribution in [-0.2, 0) is 18.5 Å². The van der Waals surface area contributed by atoms with Crippen molar-refractivity contribution >= 4 is 53.2 Å². The summed E-state index contributed by atoms with van der Waals surface area (Å²) in [5, 5.41) is -0.277. The Hall–Kier alpha value is -0.340. The number of carbonyl (C=O) groups is 1. The number of methoxy groups -OCH3 is 1. The van der Waals surface area contributed by atoms with Crippen LogP contribution in [0.4, 0.5) is 0 Å². The summed E-state index contributed by atoms with van der Waals surface area (Å²) in [6.07, 6.45) is 0. The largest absolute Gasteiger partial charge is 0.460 e. The maximum Gasteiger partial charge on any atom is 0.339 e. The molecule has 9 heteroatoms. The van der Waals surface area contributed by atoms with Crippen LogP contribution in [0.25, 0.3) is 0 Å². The molecule has 0 atom stereocenters. The van der Waals surface area contributed by atoms with Crippen molar-refractivity contribution in [3.8, 4) is 0 Å². The van der Waals surface area contributed by atoms with Crippen LogP contribution in [0.3, 0.4) is 0 Å². The first-order valence-corrected chi connectivity index (χ1v) is 8.35. The summed E-state index contributed by atoms with van der Waals surface area (Å²) in [6, 6.07) is 2.56. The van der Waals surface area contributed by atoms with E-state index in [-0.39, 0.29) is 28.7 Å². The summed E-state index contributed by atoms with van der Waals surface area (Å²) in [7, 11) is 2.63. The maximum absolute atomic E-state index is 11.8. The molecule has 1 aromatic carbocycles. The monoisotopic (exact) mass is 390 g/mol. The molecule has 0 aliphatic rings. The van der Waals surface area contributed by atoms with Crippen molar-refractivity contribution in [3.05, 3.63) is 27.2 Å². The normalized spacial score (nSPS) is 11.4. The number of carbonyl (C=O) groups excluding carboxylic acids is 1. The van der Waals surface area contributed by atoms with Gasteiger partial charge in [0.2, 0.25) is 0 Å². The van der Waals surface area contributed by atoms with E-state index in [4.69, 9.17) is 31.8 Å². The van der Waals surface area contributed by atoms with Crippen molar-refractivity contribution in [1.82, 2.24) is 0 Å². The predicted molar refractivity (Wildman–Crippen MR) is 74.3 cm³/mol. The van der Waals surface area contributed by atoms with Gasteiger partial charge < -0.3 is 9.47 Å². The van der Waals surface area contributed by atoms with Crippen LogP contribution in [0.5, 0.6) is 0 Å². The van der Waals surface area contributed by atoms with Crippen molar-refractivity contribution in [2.75, 3.05) is 20.3 Å². The van der Waals surface area contributed by atoms with Crippen LogP contribution < -0.4 is 0 Å². The molecule has 0 aliphatic carbocycles. The Labute approximate surface area is 128 Å². The number of rotatable bonds is 5. The number of hydrogen-bond acceptors (Lipinski definition) is 5. The zero-order valence-corrected chi connectivity index (χ0v) is 13.6. The number of hydrogen-bond donors (Lipinski definition) is 0. The number of benzene rings is 1. The van der Waals surface area contributed by atoms with E-state index in [1.54, 1.807) is 0 Å². The fraction of sp³-hybridized carbons (Fsp3) is 0.300. The molecule has 1 aromatic rings. The van der Waals surface area contributed by atoms with E-state index in [0.717, 1.165) is 0 Å².